The summed E-state index contributed by atoms with van der Waals surface area (Å²) in [5, 5.41) is 7.31. The van der Waals surface area contributed by atoms with Crippen LogP contribution in [-0.2, 0) is 17.8 Å². The van der Waals surface area contributed by atoms with Crippen LogP contribution in [0, 0.1) is 0 Å². The zero-order valence-electron chi connectivity index (χ0n) is 15.9. The maximum atomic E-state index is 12.8. The minimum atomic E-state index is -0.310. The number of hydrogen-bond acceptors (Lipinski definition) is 4. The smallest absolute Gasteiger partial charge is 0.291 e. The van der Waals surface area contributed by atoms with Gasteiger partial charge in [0.25, 0.3) is 5.56 Å². The van der Waals surface area contributed by atoms with Gasteiger partial charge in [0.1, 0.15) is 17.9 Å². The van der Waals surface area contributed by atoms with Gasteiger partial charge in [-0.3, -0.25) is 14.0 Å². The zero-order valence-corrected chi connectivity index (χ0v) is 15.9. The molecule has 7 heteroatoms. The lowest BCUT2D eigenvalue weighted by Gasteiger charge is -2.14. The third-order valence-corrected chi connectivity index (χ3v) is 4.95. The summed E-state index contributed by atoms with van der Waals surface area (Å²) in [5.74, 6) is 0.650. The molecule has 0 aliphatic rings. The van der Waals surface area contributed by atoms with Crippen molar-refractivity contribution < 1.29 is 9.21 Å². The van der Waals surface area contributed by atoms with Gasteiger partial charge in [0.2, 0.25) is 5.91 Å². The summed E-state index contributed by atoms with van der Waals surface area (Å²) in [4.78, 5) is 25.2. The van der Waals surface area contributed by atoms with Crippen LogP contribution in [0.4, 0.5) is 0 Å². The van der Waals surface area contributed by atoms with Gasteiger partial charge in [-0.1, -0.05) is 44.2 Å². The Morgan fingerprint density at radius 2 is 2.00 bits per heavy atom. The minimum Gasteiger partial charge on any atom is -0.463 e. The van der Waals surface area contributed by atoms with Crippen molar-refractivity contribution in [2.45, 2.75) is 32.7 Å². The summed E-state index contributed by atoms with van der Waals surface area (Å²) in [6.45, 7) is 4.40. The van der Waals surface area contributed by atoms with Crippen LogP contribution in [0.5, 0.6) is 0 Å². The molecular weight excluding hydrogens is 356 g/mol. The molecule has 1 amide bonds. The topological polar surface area (TPSA) is 81.5 Å². The van der Waals surface area contributed by atoms with E-state index in [4.69, 9.17) is 4.42 Å². The van der Waals surface area contributed by atoms with Gasteiger partial charge in [-0.05, 0) is 11.5 Å². The molecule has 1 N–H and O–H groups in total. The third kappa shape index (κ3) is 3.19. The summed E-state index contributed by atoms with van der Waals surface area (Å²) in [6, 6.07) is 13.5. The number of aryl methyl sites for hydroxylation is 1. The van der Waals surface area contributed by atoms with Crippen LogP contribution in [0.3, 0.4) is 0 Å². The molecular formula is C21H22N4O3. The van der Waals surface area contributed by atoms with Gasteiger partial charge in [0.05, 0.1) is 11.8 Å². The molecule has 0 fully saturated rings. The van der Waals surface area contributed by atoms with Crippen LogP contribution < -0.4 is 10.9 Å². The Balaban J connectivity index is 1.55. The molecule has 144 valence electrons. The van der Waals surface area contributed by atoms with Crippen molar-refractivity contribution in [2.75, 3.05) is 6.54 Å². The number of carbonyl (C=O) groups is 1. The molecule has 0 radical (unpaired) electrons. The van der Waals surface area contributed by atoms with Crippen molar-refractivity contribution >= 4 is 22.5 Å². The largest absolute Gasteiger partial charge is 0.463 e. The first kappa shape index (κ1) is 18.0. The molecule has 0 unspecified atom stereocenters. The third-order valence-electron chi connectivity index (χ3n) is 4.95. The lowest BCUT2D eigenvalue weighted by Crippen LogP contribution is -2.36. The highest BCUT2D eigenvalue weighted by atomic mass is 16.3. The number of hydrogen-bond donors (Lipinski definition) is 1. The number of rotatable bonds is 6. The second-order valence-corrected chi connectivity index (χ2v) is 6.88. The fourth-order valence-corrected chi connectivity index (χ4v) is 3.42. The number of aromatic nitrogens is 3. The highest BCUT2D eigenvalue weighted by Gasteiger charge is 2.17. The average molecular weight is 378 g/mol. The fourth-order valence-electron chi connectivity index (χ4n) is 3.42. The molecule has 0 bridgehead atoms. The van der Waals surface area contributed by atoms with Gasteiger partial charge >= 0.3 is 0 Å². The Bertz CT molecular complexity index is 1190. The maximum Gasteiger partial charge on any atom is 0.291 e. The standard InChI is InChI=1S/C21H22N4O3/c1-3-19-23-24(21(27)17-11-18-16(25(17)19)9-10-28-18)13-20(26)22-12-14(2)15-7-5-4-6-8-15/h4-11,14H,3,12-13H2,1-2H3,(H,22,26)/t14-/m1/s1. The highest BCUT2D eigenvalue weighted by Crippen LogP contribution is 2.20. The van der Waals surface area contributed by atoms with Crippen LogP contribution in [0.15, 0.2) is 57.9 Å². The van der Waals surface area contributed by atoms with E-state index in [-0.39, 0.29) is 23.9 Å². The Kier molecular flexibility index (Phi) is 4.73. The number of nitrogens with zero attached hydrogens (tertiary/aromatic N) is 3. The zero-order chi connectivity index (χ0) is 19.7. The number of benzene rings is 1. The number of nitrogens with one attached hydrogen (secondary N) is 1. The van der Waals surface area contributed by atoms with E-state index in [2.05, 4.69) is 17.3 Å². The summed E-state index contributed by atoms with van der Waals surface area (Å²) in [6.07, 6.45) is 2.21. The van der Waals surface area contributed by atoms with Crippen molar-refractivity contribution in [1.82, 2.24) is 19.5 Å². The number of furan rings is 1. The van der Waals surface area contributed by atoms with E-state index in [0.29, 0.717) is 29.9 Å². The van der Waals surface area contributed by atoms with Gasteiger partial charge in [-0.25, -0.2) is 4.68 Å². The molecule has 28 heavy (non-hydrogen) atoms. The Morgan fingerprint density at radius 3 is 2.75 bits per heavy atom. The normalized spacial score (nSPS) is 12.5. The summed E-state index contributed by atoms with van der Waals surface area (Å²) < 4.78 is 8.44. The molecule has 4 rings (SSSR count). The number of fused-ring (bicyclic) bond motifs is 3. The van der Waals surface area contributed by atoms with Crippen LogP contribution in [-0.4, -0.2) is 26.6 Å². The first-order valence-corrected chi connectivity index (χ1v) is 9.38. The summed E-state index contributed by atoms with van der Waals surface area (Å²) in [5.41, 5.74) is 2.75. The minimum absolute atomic E-state index is 0.115. The second-order valence-electron chi connectivity index (χ2n) is 6.88. The fraction of sp³-hybridized carbons (Fsp3) is 0.286. The van der Waals surface area contributed by atoms with E-state index >= 15 is 0 Å². The molecule has 1 aromatic carbocycles. The van der Waals surface area contributed by atoms with Crippen molar-refractivity contribution in [1.29, 1.82) is 0 Å². The molecule has 7 nitrogen and oxygen atoms in total. The highest BCUT2D eigenvalue weighted by molar-refractivity contribution is 5.82. The van der Waals surface area contributed by atoms with Crippen LogP contribution >= 0.6 is 0 Å². The lowest BCUT2D eigenvalue weighted by atomic mass is 10.0. The lowest BCUT2D eigenvalue weighted by molar-refractivity contribution is -0.121. The van der Waals surface area contributed by atoms with Crippen LogP contribution in [0.25, 0.3) is 16.6 Å². The van der Waals surface area contributed by atoms with Crippen molar-refractivity contribution in [2.24, 2.45) is 0 Å². The SMILES string of the molecule is CCc1nn(CC(=O)NC[C@@H](C)c2ccccc2)c(=O)c2cc3occc3n12. The first-order chi connectivity index (χ1) is 13.6. The molecule has 3 heterocycles. The second kappa shape index (κ2) is 7.34. The first-order valence-electron chi connectivity index (χ1n) is 9.38. The molecule has 0 saturated carbocycles. The predicted octanol–water partition coefficient (Wildman–Crippen LogP) is 2.72. The van der Waals surface area contributed by atoms with E-state index in [1.807, 2.05) is 43.3 Å². The van der Waals surface area contributed by atoms with Crippen molar-refractivity contribution in [3.8, 4) is 0 Å². The van der Waals surface area contributed by atoms with Gasteiger partial charge in [-0.2, -0.15) is 5.10 Å². The van der Waals surface area contributed by atoms with Crippen molar-refractivity contribution in [3.05, 3.63) is 70.5 Å². The maximum absolute atomic E-state index is 12.8. The Morgan fingerprint density at radius 1 is 1.21 bits per heavy atom. The van der Waals surface area contributed by atoms with Crippen LogP contribution in [0.1, 0.15) is 31.2 Å². The summed E-state index contributed by atoms with van der Waals surface area (Å²) in [7, 11) is 0. The molecule has 4 aromatic rings. The Labute approximate surface area is 161 Å². The molecule has 0 spiro atoms. The van der Waals surface area contributed by atoms with Gasteiger partial charge in [0.15, 0.2) is 5.58 Å². The van der Waals surface area contributed by atoms with E-state index in [1.54, 1.807) is 16.7 Å². The quantitative estimate of drug-likeness (QED) is 0.559. The molecule has 3 aromatic heterocycles. The van der Waals surface area contributed by atoms with Crippen molar-refractivity contribution in [3.63, 3.8) is 0 Å². The summed E-state index contributed by atoms with van der Waals surface area (Å²) >= 11 is 0. The van der Waals surface area contributed by atoms with E-state index in [0.717, 1.165) is 11.1 Å². The molecule has 0 aliphatic heterocycles. The Hall–Kier alpha value is -3.35. The molecule has 1 atom stereocenters. The van der Waals surface area contributed by atoms with E-state index in [1.165, 1.54) is 4.68 Å². The van der Waals surface area contributed by atoms with E-state index in [9.17, 15) is 9.59 Å². The number of carbonyl (C=O) groups excluding carboxylic acids is 1. The average Bonchev–Trinajstić information content (AvgIpc) is 3.31. The van der Waals surface area contributed by atoms with Gasteiger partial charge < -0.3 is 9.73 Å². The van der Waals surface area contributed by atoms with Crippen LogP contribution in [0.2, 0.25) is 0 Å². The molecule has 0 aliphatic carbocycles. The number of amides is 1. The van der Waals surface area contributed by atoms with Gasteiger partial charge in [0, 0.05) is 25.1 Å². The monoisotopic (exact) mass is 378 g/mol. The predicted molar refractivity (Wildman–Crippen MR) is 106 cm³/mol. The van der Waals surface area contributed by atoms with E-state index < -0.39 is 0 Å². The molecule has 0 saturated heterocycles. The van der Waals surface area contributed by atoms with Gasteiger partial charge in [-0.15, -0.1) is 0 Å².